The Bertz CT molecular complexity index is 513. The Morgan fingerprint density at radius 1 is 1.47 bits per heavy atom. The van der Waals surface area contributed by atoms with E-state index in [1.807, 2.05) is 12.3 Å². The number of hydrogen-bond acceptors (Lipinski definition) is 4. The van der Waals surface area contributed by atoms with Gasteiger partial charge in [-0.3, -0.25) is 0 Å². The summed E-state index contributed by atoms with van der Waals surface area (Å²) in [6.07, 6.45) is 0. The van der Waals surface area contributed by atoms with E-state index in [2.05, 4.69) is 4.98 Å². The van der Waals surface area contributed by atoms with Gasteiger partial charge in [-0.25, -0.2) is 9.37 Å². The maximum absolute atomic E-state index is 13.5. The highest BCUT2D eigenvalue weighted by Crippen LogP contribution is 2.20. The fourth-order valence-electron chi connectivity index (χ4n) is 1.39. The van der Waals surface area contributed by atoms with E-state index in [1.54, 1.807) is 6.07 Å². The molecule has 2 aromatic rings. The average Bonchev–Trinajstić information content (AvgIpc) is 2.73. The van der Waals surface area contributed by atoms with Crippen molar-refractivity contribution in [1.29, 1.82) is 0 Å². The van der Waals surface area contributed by atoms with Gasteiger partial charge in [0.15, 0.2) is 11.6 Å². The van der Waals surface area contributed by atoms with Crippen molar-refractivity contribution in [2.24, 2.45) is 0 Å². The second kappa shape index (κ2) is 5.25. The highest BCUT2D eigenvalue weighted by molar-refractivity contribution is 7.09. The molecule has 5 heteroatoms. The molecule has 2 rings (SSSR count). The second-order valence-electron chi connectivity index (χ2n) is 3.57. The predicted octanol–water partition coefficient (Wildman–Crippen LogP) is 2.66. The summed E-state index contributed by atoms with van der Waals surface area (Å²) in [6, 6.07) is 4.41. The Kier molecular flexibility index (Phi) is 3.71. The van der Waals surface area contributed by atoms with E-state index in [-0.39, 0.29) is 19.0 Å². The molecule has 1 heterocycles. The number of aromatic nitrogens is 1. The third-order valence-electron chi connectivity index (χ3n) is 2.22. The Balaban J connectivity index is 2.04. The van der Waals surface area contributed by atoms with E-state index < -0.39 is 5.82 Å². The Hall–Kier alpha value is -1.46. The van der Waals surface area contributed by atoms with Crippen molar-refractivity contribution in [3.8, 4) is 5.75 Å². The minimum Gasteiger partial charge on any atom is -0.484 e. The topological polar surface area (TPSA) is 42.4 Å². The first-order valence-corrected chi connectivity index (χ1v) is 6.00. The van der Waals surface area contributed by atoms with Crippen molar-refractivity contribution in [3.05, 3.63) is 45.7 Å². The fraction of sp³-hybridized carbons (Fsp3) is 0.250. The van der Waals surface area contributed by atoms with Gasteiger partial charge in [0.25, 0.3) is 0 Å². The number of ether oxygens (including phenoxy) is 1. The third kappa shape index (κ3) is 3.01. The third-order valence-corrected chi connectivity index (χ3v) is 3.04. The summed E-state index contributed by atoms with van der Waals surface area (Å²) in [5.74, 6) is -0.295. The summed E-state index contributed by atoms with van der Waals surface area (Å²) in [7, 11) is 0. The maximum Gasteiger partial charge on any atom is 0.165 e. The van der Waals surface area contributed by atoms with Crippen molar-refractivity contribution in [1.82, 2.24) is 4.98 Å². The molecule has 0 aliphatic rings. The molecule has 0 unspecified atom stereocenters. The smallest absolute Gasteiger partial charge is 0.165 e. The summed E-state index contributed by atoms with van der Waals surface area (Å²) in [5, 5.41) is 11.7. The largest absolute Gasteiger partial charge is 0.484 e. The van der Waals surface area contributed by atoms with Crippen LogP contribution in [0.4, 0.5) is 4.39 Å². The van der Waals surface area contributed by atoms with E-state index in [4.69, 9.17) is 9.84 Å². The molecule has 1 aromatic carbocycles. The molecule has 1 N–H and O–H groups in total. The van der Waals surface area contributed by atoms with Gasteiger partial charge in [0.05, 0.1) is 17.3 Å². The van der Waals surface area contributed by atoms with Crippen molar-refractivity contribution < 1.29 is 14.2 Å². The number of aryl methyl sites for hydroxylation is 1. The molecule has 90 valence electrons. The van der Waals surface area contributed by atoms with Crippen LogP contribution < -0.4 is 4.74 Å². The Labute approximate surface area is 103 Å². The zero-order valence-electron chi connectivity index (χ0n) is 9.31. The number of rotatable bonds is 4. The van der Waals surface area contributed by atoms with Crippen LogP contribution in [0.15, 0.2) is 23.6 Å². The lowest BCUT2D eigenvalue weighted by Crippen LogP contribution is -1.98. The van der Waals surface area contributed by atoms with Crippen LogP contribution in [0.1, 0.15) is 16.3 Å². The number of hydrogen-bond donors (Lipinski definition) is 1. The zero-order chi connectivity index (χ0) is 12.3. The molecule has 0 bridgehead atoms. The molecule has 3 nitrogen and oxygen atoms in total. The van der Waals surface area contributed by atoms with E-state index >= 15 is 0 Å². The van der Waals surface area contributed by atoms with Crippen LogP contribution in [0, 0.1) is 12.7 Å². The number of aliphatic hydroxyl groups is 1. The quantitative estimate of drug-likeness (QED) is 0.910. The number of benzene rings is 1. The minimum absolute atomic E-state index is 0.174. The van der Waals surface area contributed by atoms with Gasteiger partial charge in [-0.15, -0.1) is 11.3 Å². The van der Waals surface area contributed by atoms with Crippen molar-refractivity contribution in [2.45, 2.75) is 20.1 Å². The van der Waals surface area contributed by atoms with Gasteiger partial charge in [0, 0.05) is 5.38 Å². The summed E-state index contributed by atoms with van der Waals surface area (Å²) in [6.45, 7) is 1.98. The lowest BCUT2D eigenvalue weighted by Gasteiger charge is -2.06. The minimum atomic E-state index is -0.469. The highest BCUT2D eigenvalue weighted by atomic mass is 32.1. The van der Waals surface area contributed by atoms with E-state index in [0.717, 1.165) is 10.7 Å². The van der Waals surface area contributed by atoms with Crippen LogP contribution in [-0.4, -0.2) is 10.1 Å². The van der Waals surface area contributed by atoms with Crippen molar-refractivity contribution in [2.75, 3.05) is 0 Å². The second-order valence-corrected chi connectivity index (χ2v) is 4.63. The van der Waals surface area contributed by atoms with Gasteiger partial charge in [0.1, 0.15) is 6.61 Å². The molecule has 0 saturated heterocycles. The number of halogens is 1. The van der Waals surface area contributed by atoms with Gasteiger partial charge in [-0.05, 0) is 24.6 Å². The lowest BCUT2D eigenvalue weighted by molar-refractivity contribution is 0.275. The van der Waals surface area contributed by atoms with Gasteiger partial charge >= 0.3 is 0 Å². The van der Waals surface area contributed by atoms with Crippen LogP contribution in [0.3, 0.4) is 0 Å². The number of aliphatic hydroxyl groups excluding tert-OH is 1. The number of nitrogens with zero attached hydrogens (tertiary/aromatic N) is 1. The van der Waals surface area contributed by atoms with E-state index in [9.17, 15) is 4.39 Å². The fourth-order valence-corrected chi connectivity index (χ4v) is 1.98. The molecule has 0 aliphatic carbocycles. The Morgan fingerprint density at radius 2 is 2.29 bits per heavy atom. The van der Waals surface area contributed by atoms with Crippen molar-refractivity contribution in [3.63, 3.8) is 0 Å². The molecular weight excluding hydrogens is 241 g/mol. The Morgan fingerprint density at radius 3 is 2.88 bits per heavy atom. The lowest BCUT2D eigenvalue weighted by atomic mass is 10.2. The van der Waals surface area contributed by atoms with Gasteiger partial charge in [0.2, 0.25) is 0 Å². The molecule has 0 radical (unpaired) electrons. The molecule has 0 fully saturated rings. The average molecular weight is 253 g/mol. The molecule has 0 spiro atoms. The molecule has 0 atom stereocenters. The summed E-state index contributed by atoms with van der Waals surface area (Å²) >= 11 is 1.53. The van der Waals surface area contributed by atoms with Crippen LogP contribution in [0.5, 0.6) is 5.75 Å². The van der Waals surface area contributed by atoms with Crippen LogP contribution >= 0.6 is 11.3 Å². The van der Waals surface area contributed by atoms with Crippen LogP contribution in [0.2, 0.25) is 0 Å². The van der Waals surface area contributed by atoms with Gasteiger partial charge in [-0.1, -0.05) is 6.07 Å². The molecule has 1 aromatic heterocycles. The molecule has 17 heavy (non-hydrogen) atoms. The maximum atomic E-state index is 13.5. The SMILES string of the molecule is Cc1nc(COc2ccc(CO)cc2F)cs1. The van der Waals surface area contributed by atoms with Gasteiger partial charge < -0.3 is 9.84 Å². The van der Waals surface area contributed by atoms with Crippen LogP contribution in [0.25, 0.3) is 0 Å². The van der Waals surface area contributed by atoms with Gasteiger partial charge in [-0.2, -0.15) is 0 Å². The highest BCUT2D eigenvalue weighted by Gasteiger charge is 2.06. The monoisotopic (exact) mass is 253 g/mol. The number of thiazole rings is 1. The predicted molar refractivity (Wildman–Crippen MR) is 63.5 cm³/mol. The summed E-state index contributed by atoms with van der Waals surface area (Å²) in [4.78, 5) is 4.22. The zero-order valence-corrected chi connectivity index (χ0v) is 10.1. The first-order chi connectivity index (χ1) is 8.19. The van der Waals surface area contributed by atoms with E-state index in [0.29, 0.717) is 5.56 Å². The normalized spacial score (nSPS) is 10.5. The molecule has 0 amide bonds. The van der Waals surface area contributed by atoms with Crippen molar-refractivity contribution >= 4 is 11.3 Å². The van der Waals surface area contributed by atoms with E-state index in [1.165, 1.54) is 23.5 Å². The first-order valence-electron chi connectivity index (χ1n) is 5.12. The first kappa shape index (κ1) is 12.0. The molecular formula is C12H12FNO2S. The van der Waals surface area contributed by atoms with Crippen LogP contribution in [-0.2, 0) is 13.2 Å². The molecule has 0 saturated carbocycles. The summed E-state index contributed by atoms with van der Waals surface area (Å²) < 4.78 is 18.8. The standard InChI is InChI=1S/C12H12FNO2S/c1-8-14-10(7-17-8)6-16-12-3-2-9(5-15)4-11(12)13/h2-4,7,15H,5-6H2,1H3. The molecule has 0 aliphatic heterocycles. The summed E-state index contributed by atoms with van der Waals surface area (Å²) in [5.41, 5.74) is 1.32.